The van der Waals surface area contributed by atoms with Gasteiger partial charge in [0.05, 0.1) is 65.5 Å². The number of carbonyl (C=O) groups excluding carboxylic acids is 4. The fraction of sp³-hybridized carbons (Fsp3) is 0.539. The lowest BCUT2D eigenvalue weighted by Crippen LogP contribution is -2.40. The van der Waals surface area contributed by atoms with Gasteiger partial charge in [-0.2, -0.15) is 86.0 Å². The predicted octanol–water partition coefficient (Wildman–Crippen LogP) is 13.7. The molecule has 4 aromatic carbocycles. The second-order valence-corrected chi connectivity index (χ2v) is 43.0. The molecule has 16 rings (SSSR count). The summed E-state index contributed by atoms with van der Waals surface area (Å²) < 4.78 is 259. The highest BCUT2D eigenvalue weighted by Gasteiger charge is 2.45. The minimum absolute atomic E-state index is 0.102. The molecule has 0 spiro atoms. The highest BCUT2D eigenvalue weighted by Crippen LogP contribution is 2.45. The van der Waals surface area contributed by atoms with E-state index in [0.717, 1.165) is 71.4 Å². The Kier molecular flexibility index (Phi) is 30.1. The van der Waals surface area contributed by atoms with Gasteiger partial charge in [0.25, 0.3) is 23.6 Å². The maximum Gasteiger partial charge on any atom is 0.416 e. The normalized spacial score (nSPS) is 18.8. The molecule has 8 aliphatic heterocycles. The van der Waals surface area contributed by atoms with Crippen molar-refractivity contribution in [3.63, 3.8) is 0 Å². The maximum absolute atomic E-state index is 13.5. The van der Waals surface area contributed by atoms with Crippen molar-refractivity contribution < 1.29 is 101 Å². The number of sulfonamides is 3. The van der Waals surface area contributed by atoms with Crippen LogP contribution in [-0.4, -0.2) is 232 Å². The first-order valence-corrected chi connectivity index (χ1v) is 51.7. The van der Waals surface area contributed by atoms with Crippen LogP contribution < -0.4 is 0 Å². The standard InChI is InChI=1S/C23H29F3N4O3S.C23H29F3N4O2S.C22H27F3N4O3S.C21H25F3N4O3S/c1-3-30-20-9-6-12-29(34(2,32)33)15-18(20)21(27-30)22(31)28-13-10-16(11-14-28)17-7-4-5-8-19(17)23(24,25)26;1-4-30-20-15-29(33(2,3)32)14-11-18(20)21(27-30)22(31)28-12-9-16(10-13-28)17-7-5-6-8-19(17)23(24,25)26;1-3-29-19-10-13-28(33(2,31)32)14-17(19)20(26-29)21(30)27-11-8-15(9-12-27)16-6-4-5-7-18(16)22(23,24)25;1-3-28-18-13-27(32(2,30)31)12-16(18)19(25-28)20(29)26-10-8-14(9-11-26)15-6-4-5-7-17(15)21(22,23)24/h4-5,7-8,16H,3,6,9-15H2,1-2H3;5-8,16H,2,4,9-15H2,1,3H3;4-7,15H,3,8-14H2,1-2H3;4-7,14H,3,8-13H2,1-2H3. The van der Waals surface area contributed by atoms with Gasteiger partial charge in [0.2, 0.25) is 30.1 Å². The van der Waals surface area contributed by atoms with Crippen molar-refractivity contribution in [3.05, 3.63) is 209 Å². The number of hydrogen-bond donors (Lipinski definition) is 0. The van der Waals surface area contributed by atoms with Crippen LogP contribution in [0.1, 0.15) is 241 Å². The molecular formula is C89H110F12N16O11S4. The topological polar surface area (TPSA) is 285 Å². The number of carbonyl (C=O) groups is 4. The van der Waals surface area contributed by atoms with E-state index in [9.17, 15) is 101 Å². The molecule has 720 valence electrons. The van der Waals surface area contributed by atoms with Gasteiger partial charge in [-0.15, -0.1) is 0 Å². The highest BCUT2D eigenvalue weighted by atomic mass is 32.2. The van der Waals surface area contributed by atoms with E-state index in [2.05, 4.69) is 26.3 Å². The zero-order chi connectivity index (χ0) is 95.9. The van der Waals surface area contributed by atoms with Crippen LogP contribution in [0.4, 0.5) is 52.7 Å². The maximum atomic E-state index is 13.5. The summed E-state index contributed by atoms with van der Waals surface area (Å²) in [6.45, 7) is 14.7. The van der Waals surface area contributed by atoms with Crippen LogP contribution in [0.3, 0.4) is 0 Å². The van der Waals surface area contributed by atoms with Gasteiger partial charge in [-0.1, -0.05) is 72.8 Å². The van der Waals surface area contributed by atoms with Crippen LogP contribution in [0.2, 0.25) is 0 Å². The van der Waals surface area contributed by atoms with Crippen molar-refractivity contribution in [1.82, 2.24) is 75.9 Å². The summed E-state index contributed by atoms with van der Waals surface area (Å²) in [7, 11) is -12.6. The van der Waals surface area contributed by atoms with Crippen LogP contribution in [0.5, 0.6) is 0 Å². The van der Waals surface area contributed by atoms with Gasteiger partial charge in [0.15, 0.2) is 22.8 Å². The fourth-order valence-electron chi connectivity index (χ4n) is 19.3. The SMILES string of the molecule is C=S(C)(=O)N1CCc2c(C(=O)N3CCC(c4ccccc4C(F)(F)F)CC3)nn(CC)c2C1.CCn1nc(C(=O)N2CCC(c3ccccc3C(F)(F)F)CC2)c2c1CCCN(S(C)(=O)=O)C2.CCn1nc(C(=O)N2CCC(c3ccccc3C(F)(F)F)CC2)c2c1CCN(S(C)(=O)=O)C2.CCn1nc(C(=O)N2CCC(c3ccccc3C(F)(F)F)CC2)c2c1CN(S(C)(=O)=O)C2. The van der Waals surface area contributed by atoms with E-state index < -0.39 is 86.7 Å². The molecule has 8 aromatic rings. The van der Waals surface area contributed by atoms with Crippen LogP contribution in [0.15, 0.2) is 97.1 Å². The van der Waals surface area contributed by atoms with Crippen LogP contribution in [0.25, 0.3) is 0 Å². The van der Waals surface area contributed by atoms with Crippen LogP contribution >= 0.6 is 0 Å². The average Bonchev–Trinajstić information content (AvgIpc) is 1.61. The van der Waals surface area contributed by atoms with Gasteiger partial charge in [0, 0.05) is 174 Å². The molecule has 12 heterocycles. The second kappa shape index (κ2) is 39.8. The number of aryl methyl sites for hydroxylation is 4. The van der Waals surface area contributed by atoms with Crippen LogP contribution in [0, 0.1) is 0 Å². The first-order chi connectivity index (χ1) is 62.0. The van der Waals surface area contributed by atoms with Crippen molar-refractivity contribution in [1.29, 1.82) is 0 Å². The first-order valence-electron chi connectivity index (χ1n) is 44.1. The number of alkyl halides is 12. The zero-order valence-corrected chi connectivity index (χ0v) is 78.0. The Hall–Kier alpha value is -9.53. The van der Waals surface area contributed by atoms with Crippen LogP contribution in [-0.2, 0) is 143 Å². The summed E-state index contributed by atoms with van der Waals surface area (Å²) in [4.78, 5) is 59.9. The molecule has 0 saturated carbocycles. The smallest absolute Gasteiger partial charge is 0.337 e. The molecule has 43 heteroatoms. The molecule has 1 unspecified atom stereocenters. The quantitative estimate of drug-likeness (QED) is 0.0642. The van der Waals surface area contributed by atoms with E-state index in [4.69, 9.17) is 0 Å². The minimum Gasteiger partial charge on any atom is -0.337 e. The lowest BCUT2D eigenvalue weighted by Gasteiger charge is -2.33. The molecule has 4 fully saturated rings. The third-order valence-corrected chi connectivity index (χ3v) is 31.4. The Morgan fingerprint density at radius 1 is 0.318 bits per heavy atom. The molecular weight excluding hydrogens is 1830 g/mol. The Morgan fingerprint density at radius 2 is 0.561 bits per heavy atom. The average molecular weight is 1940 g/mol. The zero-order valence-electron chi connectivity index (χ0n) is 74.7. The molecule has 0 N–H and O–H groups in total. The second-order valence-electron chi connectivity index (χ2n) is 34.6. The Bertz CT molecular complexity index is 6060. The Labute approximate surface area is 760 Å². The number of likely N-dealkylation sites (tertiary alicyclic amines) is 4. The molecule has 132 heavy (non-hydrogen) atoms. The van der Waals surface area contributed by atoms with E-state index in [1.54, 1.807) is 74.9 Å². The van der Waals surface area contributed by atoms with Gasteiger partial charge in [-0.25, -0.2) is 29.6 Å². The summed E-state index contributed by atoms with van der Waals surface area (Å²) >= 11 is 0. The van der Waals surface area contributed by atoms with E-state index in [1.165, 1.54) is 55.4 Å². The summed E-state index contributed by atoms with van der Waals surface area (Å²) in [5.41, 5.74) is 5.94. The van der Waals surface area contributed by atoms with E-state index in [0.29, 0.717) is 210 Å². The molecule has 8 aliphatic rings. The molecule has 4 amide bonds. The lowest BCUT2D eigenvalue weighted by atomic mass is 9.86. The molecule has 27 nitrogen and oxygen atoms in total. The van der Waals surface area contributed by atoms with Gasteiger partial charge in [0.1, 0.15) is 0 Å². The molecule has 0 aliphatic carbocycles. The number of fused-ring (bicyclic) bond motifs is 4. The van der Waals surface area contributed by atoms with Gasteiger partial charge in [-0.3, -0.25) is 42.1 Å². The number of nitrogens with zero attached hydrogens (tertiary/aromatic N) is 16. The molecule has 4 saturated heterocycles. The number of halogens is 12. The number of rotatable bonds is 16. The number of hydrogen-bond acceptors (Lipinski definition) is 15. The molecule has 0 bridgehead atoms. The van der Waals surface area contributed by atoms with Gasteiger partial charge >= 0.3 is 24.7 Å². The molecule has 1 atom stereocenters. The highest BCUT2D eigenvalue weighted by molar-refractivity contribution is 7.97. The summed E-state index contributed by atoms with van der Waals surface area (Å²) in [6, 6.07) is 22.6. The van der Waals surface area contributed by atoms with Gasteiger partial charge in [-0.05, 0) is 174 Å². The van der Waals surface area contributed by atoms with E-state index in [1.807, 2.05) is 32.0 Å². The molecule has 4 aromatic heterocycles. The minimum atomic E-state index is -4.42. The fourth-order valence-corrected chi connectivity index (χ4v) is 22.5. The number of amides is 4. The van der Waals surface area contributed by atoms with Crippen molar-refractivity contribution >= 4 is 69.3 Å². The third-order valence-electron chi connectivity index (χ3n) is 26.3. The van der Waals surface area contributed by atoms with Crippen molar-refractivity contribution in [3.8, 4) is 0 Å². The number of benzene rings is 4. The summed E-state index contributed by atoms with van der Waals surface area (Å²) in [5, 5.41) is 18.0. The monoisotopic (exact) mass is 1930 g/mol. The Balaban J connectivity index is 0.000000150. The third kappa shape index (κ3) is 22.2. The van der Waals surface area contributed by atoms with Crippen molar-refractivity contribution in [2.24, 2.45) is 0 Å². The van der Waals surface area contributed by atoms with E-state index >= 15 is 0 Å². The van der Waals surface area contributed by atoms with E-state index in [-0.39, 0.29) is 107 Å². The summed E-state index contributed by atoms with van der Waals surface area (Å²) in [5.74, 6) is 1.62. The largest absolute Gasteiger partial charge is 0.416 e. The number of aromatic nitrogens is 8. The first kappa shape index (κ1) is 99.9. The number of piperidine rings is 4. The van der Waals surface area contributed by atoms with Crippen molar-refractivity contribution in [2.75, 3.05) is 97.0 Å². The predicted molar refractivity (Wildman–Crippen MR) is 471 cm³/mol. The molecule has 0 radical (unpaired) electrons. The van der Waals surface area contributed by atoms with Gasteiger partial charge < -0.3 is 19.6 Å². The Morgan fingerprint density at radius 3 is 0.848 bits per heavy atom. The van der Waals surface area contributed by atoms with Crippen molar-refractivity contribution in [2.45, 2.75) is 212 Å². The summed E-state index contributed by atoms with van der Waals surface area (Å²) in [6.07, 6.45) is -6.80. The lowest BCUT2D eigenvalue weighted by molar-refractivity contribution is -0.139.